The Labute approximate surface area is 183 Å². The normalized spacial score (nSPS) is 10.9. The second kappa shape index (κ2) is 9.19. The van der Waals surface area contributed by atoms with Crippen LogP contribution in [-0.4, -0.2) is 26.4 Å². The highest BCUT2D eigenvalue weighted by Gasteiger charge is 2.20. The molecular formula is C22H19ClN4O2S. The largest absolute Gasteiger partial charge is 0.461 e. The molecule has 8 heteroatoms. The molecule has 1 amide bonds. The molecule has 2 aromatic heterocycles. The summed E-state index contributed by atoms with van der Waals surface area (Å²) in [7, 11) is 0. The van der Waals surface area contributed by atoms with Crippen molar-refractivity contribution in [3.8, 4) is 17.3 Å². The van der Waals surface area contributed by atoms with Gasteiger partial charge < -0.3 is 9.73 Å². The SMILES string of the molecule is CCc1ccccc1-n1c(SCC(=O)Nc2ccccc2Cl)nnc1-c1ccco1. The fourth-order valence-corrected chi connectivity index (χ4v) is 3.98. The smallest absolute Gasteiger partial charge is 0.234 e. The highest BCUT2D eigenvalue weighted by molar-refractivity contribution is 7.99. The lowest BCUT2D eigenvalue weighted by Gasteiger charge is -2.13. The van der Waals surface area contributed by atoms with Gasteiger partial charge in [0.25, 0.3) is 0 Å². The van der Waals surface area contributed by atoms with Gasteiger partial charge in [0.2, 0.25) is 11.7 Å². The number of amides is 1. The van der Waals surface area contributed by atoms with Crippen LogP contribution in [0.4, 0.5) is 5.69 Å². The Bertz CT molecular complexity index is 1160. The molecule has 0 bridgehead atoms. The van der Waals surface area contributed by atoms with Gasteiger partial charge in [0, 0.05) is 0 Å². The number of aromatic nitrogens is 3. The minimum atomic E-state index is -0.175. The minimum absolute atomic E-state index is 0.163. The number of aryl methyl sites for hydroxylation is 1. The highest BCUT2D eigenvalue weighted by atomic mass is 35.5. The second-order valence-electron chi connectivity index (χ2n) is 6.42. The summed E-state index contributed by atoms with van der Waals surface area (Å²) in [5.41, 5.74) is 2.69. The van der Waals surface area contributed by atoms with Gasteiger partial charge in [0.05, 0.1) is 28.4 Å². The van der Waals surface area contributed by atoms with Crippen LogP contribution < -0.4 is 5.32 Å². The molecule has 6 nitrogen and oxygen atoms in total. The van der Waals surface area contributed by atoms with Crippen molar-refractivity contribution in [2.45, 2.75) is 18.5 Å². The van der Waals surface area contributed by atoms with Crippen molar-refractivity contribution in [1.82, 2.24) is 14.8 Å². The first-order valence-corrected chi connectivity index (χ1v) is 10.8. The van der Waals surface area contributed by atoms with Crippen molar-refractivity contribution >= 4 is 35.0 Å². The van der Waals surface area contributed by atoms with E-state index in [1.165, 1.54) is 11.8 Å². The maximum Gasteiger partial charge on any atom is 0.234 e. The predicted octanol–water partition coefficient (Wildman–Crippen LogP) is 5.47. The first kappa shape index (κ1) is 20.3. The van der Waals surface area contributed by atoms with Crippen LogP contribution in [0.2, 0.25) is 5.02 Å². The Morgan fingerprint density at radius 2 is 1.90 bits per heavy atom. The molecular weight excluding hydrogens is 420 g/mol. The van der Waals surface area contributed by atoms with Crippen LogP contribution in [0.5, 0.6) is 0 Å². The van der Waals surface area contributed by atoms with E-state index in [4.69, 9.17) is 16.0 Å². The van der Waals surface area contributed by atoms with Crippen molar-refractivity contribution in [2.24, 2.45) is 0 Å². The zero-order valence-electron chi connectivity index (χ0n) is 16.2. The quantitative estimate of drug-likeness (QED) is 0.387. The van der Waals surface area contributed by atoms with Crippen molar-refractivity contribution in [2.75, 3.05) is 11.1 Å². The number of anilines is 1. The monoisotopic (exact) mass is 438 g/mol. The number of rotatable bonds is 7. The van der Waals surface area contributed by atoms with Crippen molar-refractivity contribution < 1.29 is 9.21 Å². The number of nitrogens with one attached hydrogen (secondary N) is 1. The summed E-state index contributed by atoms with van der Waals surface area (Å²) in [5.74, 6) is 1.19. The summed E-state index contributed by atoms with van der Waals surface area (Å²) in [6.45, 7) is 2.10. The molecule has 2 aromatic carbocycles. The van der Waals surface area contributed by atoms with Gasteiger partial charge in [-0.25, -0.2) is 0 Å². The third-order valence-electron chi connectivity index (χ3n) is 4.47. The minimum Gasteiger partial charge on any atom is -0.461 e. The molecule has 0 saturated carbocycles. The summed E-state index contributed by atoms with van der Waals surface area (Å²) in [4.78, 5) is 12.5. The molecule has 0 saturated heterocycles. The number of benzene rings is 2. The average molecular weight is 439 g/mol. The molecule has 4 rings (SSSR count). The molecule has 152 valence electrons. The Balaban J connectivity index is 1.62. The molecule has 0 atom stereocenters. The number of furan rings is 1. The molecule has 0 aliphatic rings. The van der Waals surface area contributed by atoms with Crippen LogP contribution >= 0.6 is 23.4 Å². The lowest BCUT2D eigenvalue weighted by molar-refractivity contribution is -0.113. The third-order valence-corrected chi connectivity index (χ3v) is 5.73. The maximum absolute atomic E-state index is 12.5. The van der Waals surface area contributed by atoms with Gasteiger partial charge in [-0.1, -0.05) is 60.6 Å². The van der Waals surface area contributed by atoms with Gasteiger partial charge in [-0.2, -0.15) is 0 Å². The van der Waals surface area contributed by atoms with E-state index in [-0.39, 0.29) is 11.7 Å². The fourth-order valence-electron chi connectivity index (χ4n) is 3.05. The Morgan fingerprint density at radius 1 is 1.10 bits per heavy atom. The van der Waals surface area contributed by atoms with E-state index in [0.29, 0.717) is 27.5 Å². The summed E-state index contributed by atoms with van der Waals surface area (Å²) in [6, 6.07) is 18.8. The summed E-state index contributed by atoms with van der Waals surface area (Å²) >= 11 is 7.43. The lowest BCUT2D eigenvalue weighted by Crippen LogP contribution is -2.15. The number of halogens is 1. The van der Waals surface area contributed by atoms with Crippen molar-refractivity contribution in [3.05, 3.63) is 77.5 Å². The van der Waals surface area contributed by atoms with Gasteiger partial charge in [-0.3, -0.25) is 9.36 Å². The number of para-hydroxylation sites is 2. The number of carbonyl (C=O) groups is 1. The van der Waals surface area contributed by atoms with Crippen LogP contribution in [-0.2, 0) is 11.2 Å². The third kappa shape index (κ3) is 4.27. The number of nitrogens with zero attached hydrogens (tertiary/aromatic N) is 3. The summed E-state index contributed by atoms with van der Waals surface area (Å²) in [6.07, 6.45) is 2.45. The number of hydrogen-bond acceptors (Lipinski definition) is 5. The summed E-state index contributed by atoms with van der Waals surface area (Å²) < 4.78 is 7.50. The Kier molecular flexibility index (Phi) is 6.21. The van der Waals surface area contributed by atoms with E-state index in [1.54, 1.807) is 18.4 Å². The van der Waals surface area contributed by atoms with Gasteiger partial charge in [0.15, 0.2) is 10.9 Å². The highest BCUT2D eigenvalue weighted by Crippen LogP contribution is 2.30. The van der Waals surface area contributed by atoms with E-state index in [9.17, 15) is 4.79 Å². The summed E-state index contributed by atoms with van der Waals surface area (Å²) in [5, 5.41) is 12.6. The molecule has 0 aliphatic heterocycles. The molecule has 2 heterocycles. The van der Waals surface area contributed by atoms with E-state index in [0.717, 1.165) is 17.7 Å². The molecule has 0 radical (unpaired) electrons. The van der Waals surface area contributed by atoms with E-state index >= 15 is 0 Å². The topological polar surface area (TPSA) is 73.0 Å². The van der Waals surface area contributed by atoms with E-state index < -0.39 is 0 Å². The zero-order valence-corrected chi connectivity index (χ0v) is 17.8. The van der Waals surface area contributed by atoms with Gasteiger partial charge >= 0.3 is 0 Å². The number of hydrogen-bond donors (Lipinski definition) is 1. The van der Waals surface area contributed by atoms with Crippen molar-refractivity contribution in [1.29, 1.82) is 0 Å². The molecule has 0 fully saturated rings. The second-order valence-corrected chi connectivity index (χ2v) is 7.77. The number of carbonyl (C=O) groups excluding carboxylic acids is 1. The maximum atomic E-state index is 12.5. The average Bonchev–Trinajstić information content (AvgIpc) is 3.43. The predicted molar refractivity (Wildman–Crippen MR) is 119 cm³/mol. The Hall–Kier alpha value is -3.03. The van der Waals surface area contributed by atoms with Gasteiger partial charge in [-0.15, -0.1) is 10.2 Å². The van der Waals surface area contributed by atoms with Crippen LogP contribution in [0.15, 0.2) is 76.5 Å². The van der Waals surface area contributed by atoms with Crippen LogP contribution in [0.3, 0.4) is 0 Å². The number of thioether (sulfide) groups is 1. The van der Waals surface area contributed by atoms with E-state index in [2.05, 4.69) is 28.5 Å². The molecule has 4 aromatic rings. The molecule has 30 heavy (non-hydrogen) atoms. The fraction of sp³-hybridized carbons (Fsp3) is 0.136. The molecule has 0 spiro atoms. The first-order valence-electron chi connectivity index (χ1n) is 9.42. The molecule has 0 aliphatic carbocycles. The van der Waals surface area contributed by atoms with Crippen LogP contribution in [0.1, 0.15) is 12.5 Å². The van der Waals surface area contributed by atoms with Crippen LogP contribution in [0, 0.1) is 0 Å². The lowest BCUT2D eigenvalue weighted by atomic mass is 10.1. The van der Waals surface area contributed by atoms with E-state index in [1.807, 2.05) is 47.0 Å². The van der Waals surface area contributed by atoms with Gasteiger partial charge in [0.1, 0.15) is 0 Å². The Morgan fingerprint density at radius 3 is 2.67 bits per heavy atom. The standard InChI is InChI=1S/C22H19ClN4O2S/c1-2-15-8-3-6-11-18(15)27-21(19-12-7-13-29-19)25-26-22(27)30-14-20(28)24-17-10-5-4-9-16(17)23/h3-13H,2,14H2,1H3,(H,24,28). The molecule has 1 N–H and O–H groups in total. The zero-order chi connectivity index (χ0) is 20.9. The van der Waals surface area contributed by atoms with Crippen LogP contribution in [0.25, 0.3) is 17.3 Å². The van der Waals surface area contributed by atoms with Gasteiger partial charge in [-0.05, 0) is 42.3 Å². The first-order chi connectivity index (χ1) is 14.7. The molecule has 0 unspecified atom stereocenters. The van der Waals surface area contributed by atoms with Crippen molar-refractivity contribution in [3.63, 3.8) is 0 Å².